The first-order valence-corrected chi connectivity index (χ1v) is 6.95. The summed E-state index contributed by atoms with van der Waals surface area (Å²) in [5.41, 5.74) is 0. The highest BCUT2D eigenvalue weighted by Gasteiger charge is 2.22. The number of hydrogen-bond donors (Lipinski definition) is 1. The second-order valence-corrected chi connectivity index (χ2v) is 5.56. The average molecular weight is 225 g/mol. The van der Waals surface area contributed by atoms with Crippen LogP contribution in [0.25, 0.3) is 0 Å². The van der Waals surface area contributed by atoms with Gasteiger partial charge in [-0.3, -0.25) is 4.90 Å². The molecule has 2 rings (SSSR count). The van der Waals surface area contributed by atoms with E-state index in [0.29, 0.717) is 12.1 Å². The zero-order valence-electron chi connectivity index (χ0n) is 10.9. The lowest BCUT2D eigenvalue weighted by molar-refractivity contribution is 0.118. The van der Waals surface area contributed by atoms with Crippen molar-refractivity contribution in [3.05, 3.63) is 0 Å². The van der Waals surface area contributed by atoms with Crippen LogP contribution in [0.2, 0.25) is 0 Å². The fourth-order valence-corrected chi connectivity index (χ4v) is 2.86. The van der Waals surface area contributed by atoms with Gasteiger partial charge in [0.25, 0.3) is 0 Å². The first-order valence-electron chi connectivity index (χ1n) is 6.95. The summed E-state index contributed by atoms with van der Waals surface area (Å²) < 4.78 is 0. The van der Waals surface area contributed by atoms with Crippen molar-refractivity contribution in [3.63, 3.8) is 0 Å². The number of nitrogens with zero attached hydrogens (tertiary/aromatic N) is 2. The van der Waals surface area contributed by atoms with E-state index in [2.05, 4.69) is 29.0 Å². The molecule has 3 heteroatoms. The summed E-state index contributed by atoms with van der Waals surface area (Å²) in [6, 6.07) is 1.37. The highest BCUT2D eigenvalue weighted by molar-refractivity contribution is 4.82. The summed E-state index contributed by atoms with van der Waals surface area (Å²) >= 11 is 0. The Morgan fingerprint density at radius 3 is 2.56 bits per heavy atom. The minimum atomic E-state index is 0.664. The van der Waals surface area contributed by atoms with Crippen LogP contribution in [0.4, 0.5) is 0 Å². The molecule has 3 nitrogen and oxygen atoms in total. The van der Waals surface area contributed by atoms with Crippen molar-refractivity contribution in [2.45, 2.75) is 45.2 Å². The lowest BCUT2D eigenvalue weighted by Gasteiger charge is -2.39. The molecule has 0 aromatic heterocycles. The molecular weight excluding hydrogens is 198 g/mol. The summed E-state index contributed by atoms with van der Waals surface area (Å²) in [7, 11) is 0. The monoisotopic (exact) mass is 225 g/mol. The quantitative estimate of drug-likeness (QED) is 0.777. The number of piperazine rings is 1. The molecule has 2 aliphatic heterocycles. The van der Waals surface area contributed by atoms with Crippen LogP contribution in [0.5, 0.6) is 0 Å². The van der Waals surface area contributed by atoms with Crippen LogP contribution in [0.15, 0.2) is 0 Å². The molecule has 2 saturated heterocycles. The van der Waals surface area contributed by atoms with Crippen molar-refractivity contribution in [2.75, 3.05) is 39.3 Å². The lowest BCUT2D eigenvalue weighted by Crippen LogP contribution is -2.55. The maximum atomic E-state index is 3.54. The van der Waals surface area contributed by atoms with E-state index >= 15 is 0 Å². The van der Waals surface area contributed by atoms with Gasteiger partial charge < -0.3 is 10.2 Å². The van der Waals surface area contributed by atoms with Crippen LogP contribution in [0, 0.1) is 0 Å². The highest BCUT2D eigenvalue weighted by atomic mass is 15.3. The Bertz CT molecular complexity index is 201. The highest BCUT2D eigenvalue weighted by Crippen LogP contribution is 2.10. The third-order valence-corrected chi connectivity index (χ3v) is 4.05. The molecule has 0 aliphatic carbocycles. The van der Waals surface area contributed by atoms with E-state index < -0.39 is 0 Å². The number of hydrogen-bond acceptors (Lipinski definition) is 3. The van der Waals surface area contributed by atoms with Crippen molar-refractivity contribution < 1.29 is 0 Å². The molecule has 0 spiro atoms. The summed E-state index contributed by atoms with van der Waals surface area (Å²) in [6.45, 7) is 12.2. The fraction of sp³-hybridized carbons (Fsp3) is 1.00. The lowest BCUT2D eigenvalue weighted by atomic mass is 10.1. The van der Waals surface area contributed by atoms with Gasteiger partial charge in [0.05, 0.1) is 0 Å². The van der Waals surface area contributed by atoms with Gasteiger partial charge in [-0.1, -0.05) is 6.42 Å². The SMILES string of the molecule is CC1CN(CCN2CCCCC2)C(C)CN1. The number of rotatable bonds is 3. The smallest absolute Gasteiger partial charge is 0.0193 e. The van der Waals surface area contributed by atoms with E-state index in [0.717, 1.165) is 6.54 Å². The minimum absolute atomic E-state index is 0.664. The molecule has 2 fully saturated rings. The summed E-state index contributed by atoms with van der Waals surface area (Å²) in [6.07, 6.45) is 4.26. The number of likely N-dealkylation sites (tertiary alicyclic amines) is 1. The van der Waals surface area contributed by atoms with Gasteiger partial charge in [-0.2, -0.15) is 0 Å². The second kappa shape index (κ2) is 5.99. The normalized spacial score (nSPS) is 34.1. The third-order valence-electron chi connectivity index (χ3n) is 4.05. The Kier molecular flexibility index (Phi) is 4.62. The van der Waals surface area contributed by atoms with Crippen LogP contribution >= 0.6 is 0 Å². The predicted molar refractivity (Wildman–Crippen MR) is 68.8 cm³/mol. The molecule has 0 saturated carbocycles. The van der Waals surface area contributed by atoms with Crippen molar-refractivity contribution in [2.24, 2.45) is 0 Å². The number of piperidine rings is 1. The topological polar surface area (TPSA) is 18.5 Å². The first-order chi connectivity index (χ1) is 7.75. The molecule has 2 atom stereocenters. The molecule has 0 radical (unpaired) electrons. The van der Waals surface area contributed by atoms with Gasteiger partial charge in [-0.25, -0.2) is 0 Å². The second-order valence-electron chi connectivity index (χ2n) is 5.56. The molecule has 1 N–H and O–H groups in total. The van der Waals surface area contributed by atoms with Gasteiger partial charge >= 0.3 is 0 Å². The van der Waals surface area contributed by atoms with E-state index in [4.69, 9.17) is 0 Å². The van der Waals surface area contributed by atoms with Crippen molar-refractivity contribution in [1.29, 1.82) is 0 Å². The average Bonchev–Trinajstić information content (AvgIpc) is 2.32. The Hall–Kier alpha value is -0.120. The van der Waals surface area contributed by atoms with Gasteiger partial charge in [0.15, 0.2) is 0 Å². The minimum Gasteiger partial charge on any atom is -0.311 e. The van der Waals surface area contributed by atoms with E-state index in [9.17, 15) is 0 Å². The van der Waals surface area contributed by atoms with Gasteiger partial charge in [0, 0.05) is 38.3 Å². The fourth-order valence-electron chi connectivity index (χ4n) is 2.86. The Morgan fingerprint density at radius 2 is 1.81 bits per heavy atom. The molecular formula is C13H27N3. The molecule has 0 amide bonds. The molecule has 2 aliphatic rings. The van der Waals surface area contributed by atoms with Crippen molar-refractivity contribution in [3.8, 4) is 0 Å². The molecule has 0 bridgehead atoms. The van der Waals surface area contributed by atoms with E-state index in [1.54, 1.807) is 0 Å². The molecule has 16 heavy (non-hydrogen) atoms. The molecule has 94 valence electrons. The molecule has 0 aromatic carbocycles. The van der Waals surface area contributed by atoms with Crippen LogP contribution < -0.4 is 5.32 Å². The Morgan fingerprint density at radius 1 is 1.06 bits per heavy atom. The summed E-state index contributed by atoms with van der Waals surface area (Å²) in [5.74, 6) is 0. The zero-order valence-corrected chi connectivity index (χ0v) is 10.9. The Labute approximate surface area is 100 Å². The van der Waals surface area contributed by atoms with Gasteiger partial charge in [-0.15, -0.1) is 0 Å². The number of nitrogens with one attached hydrogen (secondary N) is 1. The molecule has 2 unspecified atom stereocenters. The van der Waals surface area contributed by atoms with E-state index in [1.165, 1.54) is 52.0 Å². The van der Waals surface area contributed by atoms with Crippen LogP contribution in [0.1, 0.15) is 33.1 Å². The molecule has 2 heterocycles. The maximum Gasteiger partial charge on any atom is 0.0193 e. The first kappa shape index (κ1) is 12.3. The van der Waals surface area contributed by atoms with Crippen molar-refractivity contribution in [1.82, 2.24) is 15.1 Å². The van der Waals surface area contributed by atoms with Gasteiger partial charge in [0.2, 0.25) is 0 Å². The van der Waals surface area contributed by atoms with Gasteiger partial charge in [-0.05, 0) is 39.8 Å². The van der Waals surface area contributed by atoms with E-state index in [-0.39, 0.29) is 0 Å². The van der Waals surface area contributed by atoms with Crippen LogP contribution in [-0.4, -0.2) is 61.2 Å². The van der Waals surface area contributed by atoms with Gasteiger partial charge in [0.1, 0.15) is 0 Å². The third kappa shape index (κ3) is 3.44. The predicted octanol–water partition coefficient (Wildman–Crippen LogP) is 1.15. The maximum absolute atomic E-state index is 3.54. The van der Waals surface area contributed by atoms with Crippen molar-refractivity contribution >= 4 is 0 Å². The summed E-state index contributed by atoms with van der Waals surface area (Å²) in [4.78, 5) is 5.29. The largest absolute Gasteiger partial charge is 0.311 e. The summed E-state index contributed by atoms with van der Waals surface area (Å²) in [5, 5.41) is 3.54. The van der Waals surface area contributed by atoms with Crippen LogP contribution in [-0.2, 0) is 0 Å². The Balaban J connectivity index is 1.71. The standard InChI is InChI=1S/C13H27N3/c1-12-11-16(13(2)10-14-12)9-8-15-6-4-3-5-7-15/h12-14H,3-11H2,1-2H3. The zero-order chi connectivity index (χ0) is 11.4. The van der Waals surface area contributed by atoms with Crippen LogP contribution in [0.3, 0.4) is 0 Å². The van der Waals surface area contributed by atoms with E-state index in [1.807, 2.05) is 0 Å². The molecule has 0 aromatic rings.